The first-order valence-electron chi connectivity index (χ1n) is 10.0. The number of benzene rings is 1. The standard InChI is InChI=1S/C21H26ClN5O2/c1-13(2)28-20-18(22)11-27(12-24-20)21-25-19(26-29-21)17-8-7-15(9-14(17)3)10-23-16-5-4-6-16/h7-9,11,13,16,23H,4-6,10,12H2,1-3H3. The molecule has 2 aromatic rings. The van der Waals surface area contributed by atoms with Crippen molar-refractivity contribution >= 4 is 23.5 Å². The molecular formula is C21H26ClN5O2. The van der Waals surface area contributed by atoms with E-state index < -0.39 is 0 Å². The average Bonchev–Trinajstić information content (AvgIpc) is 3.12. The lowest BCUT2D eigenvalue weighted by Gasteiger charge is -2.26. The summed E-state index contributed by atoms with van der Waals surface area (Å²) in [6, 6.07) is 7.36. The molecule has 0 radical (unpaired) electrons. The lowest BCUT2D eigenvalue weighted by molar-refractivity contribution is 0.228. The molecule has 1 aromatic heterocycles. The molecule has 0 bridgehead atoms. The summed E-state index contributed by atoms with van der Waals surface area (Å²) in [7, 11) is 0. The summed E-state index contributed by atoms with van der Waals surface area (Å²) in [6.07, 6.45) is 5.61. The molecule has 0 saturated heterocycles. The largest absolute Gasteiger partial charge is 0.474 e. The first kappa shape index (κ1) is 19.9. The van der Waals surface area contributed by atoms with E-state index in [0.29, 0.717) is 35.5 Å². The third-order valence-electron chi connectivity index (χ3n) is 5.08. The van der Waals surface area contributed by atoms with Gasteiger partial charge in [-0.15, -0.1) is 0 Å². The Kier molecular flexibility index (Phi) is 5.87. The van der Waals surface area contributed by atoms with Crippen LogP contribution in [0.4, 0.5) is 6.01 Å². The summed E-state index contributed by atoms with van der Waals surface area (Å²) in [5, 5.41) is 8.14. The first-order chi connectivity index (χ1) is 14.0. The van der Waals surface area contributed by atoms with Crippen molar-refractivity contribution in [2.75, 3.05) is 11.6 Å². The van der Waals surface area contributed by atoms with E-state index in [1.807, 2.05) is 19.9 Å². The highest BCUT2D eigenvalue weighted by atomic mass is 35.5. The van der Waals surface area contributed by atoms with Crippen molar-refractivity contribution in [2.45, 2.75) is 58.7 Å². The van der Waals surface area contributed by atoms with E-state index in [1.54, 1.807) is 11.1 Å². The number of aromatic nitrogens is 2. The fourth-order valence-electron chi connectivity index (χ4n) is 3.28. The number of hydrogen-bond donors (Lipinski definition) is 1. The van der Waals surface area contributed by atoms with Crippen molar-refractivity contribution in [1.29, 1.82) is 0 Å². The van der Waals surface area contributed by atoms with E-state index in [0.717, 1.165) is 17.7 Å². The van der Waals surface area contributed by atoms with Crippen LogP contribution in [-0.2, 0) is 11.3 Å². The number of ether oxygens (including phenoxy) is 1. The Morgan fingerprint density at radius 3 is 2.83 bits per heavy atom. The highest BCUT2D eigenvalue weighted by Gasteiger charge is 2.22. The molecular weight excluding hydrogens is 390 g/mol. The molecule has 1 aromatic carbocycles. The monoisotopic (exact) mass is 415 g/mol. The number of rotatable bonds is 6. The van der Waals surface area contributed by atoms with Crippen LogP contribution in [0.1, 0.15) is 44.2 Å². The Labute approximate surface area is 175 Å². The lowest BCUT2D eigenvalue weighted by atomic mass is 9.93. The van der Waals surface area contributed by atoms with Crippen LogP contribution in [0.5, 0.6) is 0 Å². The molecule has 154 valence electrons. The van der Waals surface area contributed by atoms with Crippen molar-refractivity contribution in [1.82, 2.24) is 15.5 Å². The van der Waals surface area contributed by atoms with Crippen molar-refractivity contribution in [3.63, 3.8) is 0 Å². The van der Waals surface area contributed by atoms with Gasteiger partial charge in [-0.05, 0) is 44.7 Å². The molecule has 2 heterocycles. The van der Waals surface area contributed by atoms with Crippen LogP contribution in [0.25, 0.3) is 11.4 Å². The van der Waals surface area contributed by atoms with Crippen molar-refractivity contribution in [2.24, 2.45) is 4.99 Å². The molecule has 1 N–H and O–H groups in total. The summed E-state index contributed by atoms with van der Waals surface area (Å²) >= 11 is 6.27. The fraction of sp³-hybridized carbons (Fsp3) is 0.476. The predicted molar refractivity (Wildman–Crippen MR) is 114 cm³/mol. The summed E-state index contributed by atoms with van der Waals surface area (Å²) in [5.41, 5.74) is 3.33. The van der Waals surface area contributed by atoms with Crippen LogP contribution in [0.3, 0.4) is 0 Å². The summed E-state index contributed by atoms with van der Waals surface area (Å²) in [6.45, 7) is 7.13. The molecule has 1 saturated carbocycles. The molecule has 7 nitrogen and oxygen atoms in total. The quantitative estimate of drug-likeness (QED) is 0.755. The van der Waals surface area contributed by atoms with E-state index in [2.05, 4.69) is 39.5 Å². The number of halogens is 1. The molecule has 29 heavy (non-hydrogen) atoms. The van der Waals surface area contributed by atoms with Crippen LogP contribution < -0.4 is 10.2 Å². The normalized spacial score (nSPS) is 17.2. The van der Waals surface area contributed by atoms with Gasteiger partial charge in [0.2, 0.25) is 11.7 Å². The summed E-state index contributed by atoms with van der Waals surface area (Å²) in [4.78, 5) is 10.6. The predicted octanol–water partition coefficient (Wildman–Crippen LogP) is 4.37. The lowest BCUT2D eigenvalue weighted by Crippen LogP contribution is -2.34. The maximum absolute atomic E-state index is 6.27. The zero-order valence-electron chi connectivity index (χ0n) is 17.0. The zero-order valence-corrected chi connectivity index (χ0v) is 17.7. The van der Waals surface area contributed by atoms with E-state index in [4.69, 9.17) is 20.9 Å². The minimum Gasteiger partial charge on any atom is -0.474 e. The molecule has 8 heteroatoms. The molecule has 0 amide bonds. The molecule has 1 aliphatic heterocycles. The van der Waals surface area contributed by atoms with Crippen molar-refractivity contribution in [3.05, 3.63) is 40.6 Å². The van der Waals surface area contributed by atoms with Gasteiger partial charge in [0, 0.05) is 24.4 Å². The van der Waals surface area contributed by atoms with Gasteiger partial charge in [-0.2, -0.15) is 4.98 Å². The van der Waals surface area contributed by atoms with E-state index in [-0.39, 0.29) is 6.10 Å². The van der Waals surface area contributed by atoms with Crippen LogP contribution in [-0.4, -0.2) is 34.9 Å². The molecule has 0 spiro atoms. The summed E-state index contributed by atoms with van der Waals surface area (Å²) in [5.74, 6) is 0.980. The van der Waals surface area contributed by atoms with Gasteiger partial charge in [-0.3, -0.25) is 4.90 Å². The Morgan fingerprint density at radius 1 is 1.34 bits per heavy atom. The highest BCUT2D eigenvalue weighted by molar-refractivity contribution is 6.42. The van der Waals surface area contributed by atoms with Crippen LogP contribution >= 0.6 is 11.6 Å². The van der Waals surface area contributed by atoms with E-state index in [1.165, 1.54) is 24.8 Å². The van der Waals surface area contributed by atoms with Gasteiger partial charge in [0.15, 0.2) is 0 Å². The number of aryl methyl sites for hydroxylation is 1. The Morgan fingerprint density at radius 2 is 2.17 bits per heavy atom. The van der Waals surface area contributed by atoms with Gasteiger partial charge < -0.3 is 14.6 Å². The minimum atomic E-state index is 0.00678. The van der Waals surface area contributed by atoms with Crippen LogP contribution in [0.15, 0.2) is 38.9 Å². The number of anilines is 1. The Hall–Kier alpha value is -2.38. The molecule has 0 atom stereocenters. The smallest absolute Gasteiger partial charge is 0.330 e. The third kappa shape index (κ3) is 4.62. The maximum Gasteiger partial charge on any atom is 0.330 e. The van der Waals surface area contributed by atoms with E-state index in [9.17, 15) is 0 Å². The Balaban J connectivity index is 1.44. The SMILES string of the molecule is Cc1cc(CNC2CCC2)ccc1-c1noc(N2C=C(Cl)C(OC(C)C)=NC2)n1. The minimum absolute atomic E-state index is 0.00678. The second-order valence-electron chi connectivity index (χ2n) is 7.78. The van der Waals surface area contributed by atoms with Gasteiger partial charge in [-0.1, -0.05) is 41.4 Å². The van der Waals surface area contributed by atoms with Gasteiger partial charge in [-0.25, -0.2) is 4.99 Å². The molecule has 1 aliphatic carbocycles. The number of hydrogen-bond acceptors (Lipinski definition) is 7. The van der Waals surface area contributed by atoms with Crippen LogP contribution in [0.2, 0.25) is 0 Å². The number of aliphatic imine (C=N–C) groups is 1. The molecule has 0 unspecified atom stereocenters. The number of nitrogens with zero attached hydrogens (tertiary/aromatic N) is 4. The molecule has 4 rings (SSSR count). The first-order valence-corrected chi connectivity index (χ1v) is 10.4. The highest BCUT2D eigenvalue weighted by Crippen LogP contribution is 2.26. The number of nitrogens with one attached hydrogen (secondary N) is 1. The van der Waals surface area contributed by atoms with Crippen LogP contribution in [0, 0.1) is 6.92 Å². The second-order valence-corrected chi connectivity index (χ2v) is 8.18. The summed E-state index contributed by atoms with van der Waals surface area (Å²) < 4.78 is 11.0. The Bertz CT molecular complexity index is 933. The van der Waals surface area contributed by atoms with Gasteiger partial charge >= 0.3 is 6.01 Å². The molecule has 2 aliphatic rings. The fourth-order valence-corrected chi connectivity index (χ4v) is 3.51. The zero-order chi connectivity index (χ0) is 20.4. The topological polar surface area (TPSA) is 75.8 Å². The van der Waals surface area contributed by atoms with Crippen molar-refractivity contribution in [3.8, 4) is 11.4 Å². The van der Waals surface area contributed by atoms with E-state index >= 15 is 0 Å². The van der Waals surface area contributed by atoms with Gasteiger partial charge in [0.25, 0.3) is 0 Å². The maximum atomic E-state index is 6.27. The third-order valence-corrected chi connectivity index (χ3v) is 5.34. The molecule has 1 fully saturated rings. The average molecular weight is 416 g/mol. The second kappa shape index (κ2) is 8.55. The van der Waals surface area contributed by atoms with Crippen molar-refractivity contribution < 1.29 is 9.26 Å². The van der Waals surface area contributed by atoms with Gasteiger partial charge in [0.1, 0.15) is 11.7 Å². The van der Waals surface area contributed by atoms with Gasteiger partial charge in [0.05, 0.1) is 6.10 Å².